The van der Waals surface area contributed by atoms with Crippen molar-refractivity contribution < 1.29 is 13.9 Å². The summed E-state index contributed by atoms with van der Waals surface area (Å²) >= 11 is 5.65. The second kappa shape index (κ2) is 6.75. The van der Waals surface area contributed by atoms with Gasteiger partial charge in [0.05, 0.1) is 14.2 Å². The molecule has 21 heavy (non-hydrogen) atoms. The number of methoxy groups -OCH3 is 2. The first-order valence-corrected chi connectivity index (χ1v) is 10.2. The van der Waals surface area contributed by atoms with E-state index < -0.39 is 8.32 Å². The van der Waals surface area contributed by atoms with Crippen LogP contribution < -0.4 is 13.9 Å². The molecule has 0 aliphatic heterocycles. The van der Waals surface area contributed by atoms with Gasteiger partial charge in [-0.2, -0.15) is 0 Å². The molecule has 0 unspecified atom stereocenters. The zero-order chi connectivity index (χ0) is 16.3. The lowest BCUT2D eigenvalue weighted by Crippen LogP contribution is -2.44. The third-order valence-corrected chi connectivity index (χ3v) is 8.35. The molecule has 0 bridgehead atoms. The lowest BCUT2D eigenvalue weighted by atomic mass is 10.2. The van der Waals surface area contributed by atoms with Crippen molar-refractivity contribution in [1.82, 2.24) is 0 Å². The molecule has 3 nitrogen and oxygen atoms in total. The average Bonchev–Trinajstić information content (AvgIpc) is 2.38. The van der Waals surface area contributed by atoms with Crippen LogP contribution in [0.1, 0.15) is 26.3 Å². The van der Waals surface area contributed by atoms with Gasteiger partial charge in [0.2, 0.25) is 0 Å². The maximum atomic E-state index is 6.38. The first-order chi connectivity index (χ1) is 9.66. The highest BCUT2D eigenvalue weighted by atomic mass is 35.5. The minimum atomic E-state index is -1.98. The van der Waals surface area contributed by atoms with Gasteiger partial charge in [0.1, 0.15) is 0 Å². The number of halogens is 1. The fourth-order valence-corrected chi connectivity index (χ4v) is 2.74. The number of hydrogen-bond acceptors (Lipinski definition) is 3. The van der Waals surface area contributed by atoms with E-state index in [1.807, 2.05) is 12.1 Å². The smallest absolute Gasteiger partial charge is 0.250 e. The topological polar surface area (TPSA) is 27.7 Å². The summed E-state index contributed by atoms with van der Waals surface area (Å²) in [5, 5.41) is 0.0950. The summed E-state index contributed by atoms with van der Waals surface area (Å²) in [5.41, 5.74) is 2.36. The van der Waals surface area contributed by atoms with Crippen molar-refractivity contribution in [3.8, 4) is 17.2 Å². The quantitative estimate of drug-likeness (QED) is 0.687. The van der Waals surface area contributed by atoms with Crippen molar-refractivity contribution >= 4 is 26.0 Å². The van der Waals surface area contributed by atoms with Crippen molar-refractivity contribution in [3.05, 3.63) is 23.2 Å². The molecule has 0 radical (unpaired) electrons. The van der Waals surface area contributed by atoms with Crippen LogP contribution in [0.3, 0.4) is 0 Å². The Kier molecular flexibility index (Phi) is 5.76. The van der Waals surface area contributed by atoms with Crippen LogP contribution >= 0.6 is 11.6 Å². The fourth-order valence-electron chi connectivity index (χ4n) is 1.58. The highest BCUT2D eigenvalue weighted by molar-refractivity contribution is 6.74. The molecule has 0 spiro atoms. The van der Waals surface area contributed by atoms with Gasteiger partial charge in [-0.15, -0.1) is 0 Å². The van der Waals surface area contributed by atoms with Gasteiger partial charge in [0.25, 0.3) is 8.32 Å². The Morgan fingerprint density at radius 2 is 1.52 bits per heavy atom. The van der Waals surface area contributed by atoms with Gasteiger partial charge in [0.15, 0.2) is 17.2 Å². The van der Waals surface area contributed by atoms with Crippen LogP contribution in [0.2, 0.25) is 18.1 Å². The van der Waals surface area contributed by atoms with Gasteiger partial charge >= 0.3 is 0 Å². The first-order valence-electron chi connectivity index (χ1n) is 6.88. The Bertz CT molecular complexity index is 494. The molecule has 0 saturated heterocycles. The molecule has 1 aromatic rings. The molecule has 0 aliphatic carbocycles. The summed E-state index contributed by atoms with van der Waals surface area (Å²) in [6, 6.07) is 3.79. The van der Waals surface area contributed by atoms with Gasteiger partial charge in [-0.05, 0) is 41.9 Å². The van der Waals surface area contributed by atoms with E-state index in [1.54, 1.807) is 20.3 Å². The van der Waals surface area contributed by atoms with Crippen LogP contribution in [-0.4, -0.2) is 22.5 Å². The molecule has 0 aromatic heterocycles. The van der Waals surface area contributed by atoms with Crippen LogP contribution in [0.4, 0.5) is 0 Å². The highest BCUT2D eigenvalue weighted by Crippen LogP contribution is 2.45. The highest BCUT2D eigenvalue weighted by Gasteiger charge is 2.40. The number of hydrogen-bond donors (Lipinski definition) is 0. The molecule has 0 N–H and O–H groups in total. The molecule has 0 saturated carbocycles. The Balaban J connectivity index is 3.34. The minimum Gasteiger partial charge on any atom is -0.539 e. The molecule has 118 valence electrons. The van der Waals surface area contributed by atoms with E-state index in [1.165, 1.54) is 5.54 Å². The fraction of sp³-hybridized carbons (Fsp3) is 0.500. The monoisotopic (exact) mass is 328 g/mol. The van der Waals surface area contributed by atoms with Gasteiger partial charge in [-0.1, -0.05) is 32.4 Å². The number of ether oxygens (including phenoxy) is 2. The van der Waals surface area contributed by atoms with Crippen molar-refractivity contribution in [2.75, 3.05) is 14.2 Å². The second-order valence-corrected chi connectivity index (χ2v) is 11.4. The zero-order valence-corrected chi connectivity index (χ0v) is 15.7. The van der Waals surface area contributed by atoms with E-state index in [-0.39, 0.29) is 5.04 Å². The molecule has 0 fully saturated rings. The second-order valence-electron chi connectivity index (χ2n) is 6.41. The lowest BCUT2D eigenvalue weighted by molar-refractivity contribution is 0.354. The lowest BCUT2D eigenvalue weighted by Gasteiger charge is -2.37. The maximum Gasteiger partial charge on any atom is 0.250 e. The third kappa shape index (κ3) is 4.17. The predicted octanol–water partition coefficient (Wildman–Crippen LogP) is 5.30. The van der Waals surface area contributed by atoms with Crippen LogP contribution in [0.15, 0.2) is 17.7 Å². The Hall–Kier alpha value is -1.13. The van der Waals surface area contributed by atoms with Crippen molar-refractivity contribution in [1.29, 1.82) is 0 Å². The van der Waals surface area contributed by atoms with Crippen LogP contribution in [0.25, 0.3) is 6.08 Å². The molecule has 0 aliphatic rings. The maximum absolute atomic E-state index is 6.38. The molecule has 0 amide bonds. The van der Waals surface area contributed by atoms with E-state index in [2.05, 4.69) is 33.9 Å². The van der Waals surface area contributed by atoms with E-state index in [0.717, 1.165) is 5.56 Å². The minimum absolute atomic E-state index is 0.0950. The SMILES string of the molecule is COc1cc(C=CCl)cc(OC)c1O[Si](C)(C)C(C)(C)C. The van der Waals surface area contributed by atoms with Crippen molar-refractivity contribution in [3.63, 3.8) is 0 Å². The van der Waals surface area contributed by atoms with Crippen LogP contribution in [0.5, 0.6) is 17.2 Å². The number of benzene rings is 1. The zero-order valence-electron chi connectivity index (χ0n) is 13.9. The Morgan fingerprint density at radius 3 is 1.86 bits per heavy atom. The largest absolute Gasteiger partial charge is 0.539 e. The Morgan fingerprint density at radius 1 is 1.05 bits per heavy atom. The predicted molar refractivity (Wildman–Crippen MR) is 92.3 cm³/mol. The summed E-state index contributed by atoms with van der Waals surface area (Å²) < 4.78 is 17.3. The normalized spacial score (nSPS) is 12.6. The van der Waals surface area contributed by atoms with E-state index in [4.69, 9.17) is 25.5 Å². The summed E-state index contributed by atoms with van der Waals surface area (Å²) in [4.78, 5) is 0. The molecular weight excluding hydrogens is 304 g/mol. The van der Waals surface area contributed by atoms with Crippen molar-refractivity contribution in [2.24, 2.45) is 0 Å². The first kappa shape index (κ1) is 17.9. The third-order valence-electron chi connectivity index (χ3n) is 3.90. The molecule has 1 rings (SSSR count). The van der Waals surface area contributed by atoms with Gasteiger partial charge in [-0.3, -0.25) is 0 Å². The van der Waals surface area contributed by atoms with E-state index in [0.29, 0.717) is 17.2 Å². The van der Waals surface area contributed by atoms with Gasteiger partial charge < -0.3 is 13.9 Å². The van der Waals surface area contributed by atoms with Gasteiger partial charge in [0, 0.05) is 5.54 Å². The standard InChI is InChI=1S/C16H25ClO3Si/c1-16(2,3)21(6,7)20-15-13(18-4)10-12(8-9-17)11-14(15)19-5/h8-11H,1-7H3. The van der Waals surface area contributed by atoms with Crippen molar-refractivity contribution in [2.45, 2.75) is 38.9 Å². The molecular formula is C16H25ClO3Si. The van der Waals surface area contributed by atoms with E-state index in [9.17, 15) is 0 Å². The summed E-state index contributed by atoms with van der Waals surface area (Å²) in [6.07, 6.45) is 1.78. The van der Waals surface area contributed by atoms with Crippen LogP contribution in [-0.2, 0) is 0 Å². The molecule has 1 aromatic carbocycles. The molecule has 0 heterocycles. The summed E-state index contributed by atoms with van der Waals surface area (Å²) in [5.74, 6) is 1.98. The van der Waals surface area contributed by atoms with Gasteiger partial charge in [-0.25, -0.2) is 0 Å². The average molecular weight is 329 g/mol. The Labute approximate surface area is 134 Å². The number of rotatable bonds is 5. The van der Waals surface area contributed by atoms with E-state index >= 15 is 0 Å². The van der Waals surface area contributed by atoms with Crippen LogP contribution in [0, 0.1) is 0 Å². The summed E-state index contributed by atoms with van der Waals surface area (Å²) in [6.45, 7) is 11.0. The summed E-state index contributed by atoms with van der Waals surface area (Å²) in [7, 11) is 1.27. The molecule has 0 atom stereocenters. The molecule has 5 heteroatoms.